The van der Waals surface area contributed by atoms with Gasteiger partial charge in [-0.1, -0.05) is 137 Å². The monoisotopic (exact) mass is 773 g/mol. The number of likely N-dealkylation sites (tertiary alicyclic amines) is 1. The predicted octanol–water partition coefficient (Wildman–Crippen LogP) is 10.7. The van der Waals surface area contributed by atoms with E-state index in [2.05, 4.69) is 102 Å². The van der Waals surface area contributed by atoms with Gasteiger partial charge in [0, 0.05) is 31.5 Å². The molecule has 0 radical (unpaired) electrons. The SMILES string of the molecule is C#CCCC(C)C(=O)C(=C)NCC=C.C=C(CCC1CCCCC1)CCC(NC(=O)NC(C(=O)N1C[C@H]2[C@@H](C1C(=C)C)C2(C)C)C1(C)CCCCC1)C(C)(C)C. The summed E-state index contributed by atoms with van der Waals surface area (Å²) in [5.74, 6) is 4.44. The van der Waals surface area contributed by atoms with Crippen molar-refractivity contribution in [3.63, 3.8) is 0 Å². The molecule has 4 aliphatic rings. The molecule has 0 aromatic carbocycles. The highest BCUT2D eigenvalue weighted by atomic mass is 16.2. The van der Waals surface area contributed by atoms with E-state index in [1.807, 2.05) is 6.92 Å². The number of terminal acetylenes is 1. The molecule has 314 valence electrons. The molecule has 0 aromatic rings. The first-order chi connectivity index (χ1) is 26.3. The zero-order chi connectivity index (χ0) is 41.8. The average molecular weight is 773 g/mol. The zero-order valence-electron chi connectivity index (χ0n) is 36.9. The Morgan fingerprint density at radius 3 is 2.14 bits per heavy atom. The summed E-state index contributed by atoms with van der Waals surface area (Å²) in [5.41, 5.74) is 2.74. The van der Waals surface area contributed by atoms with Gasteiger partial charge in [0.05, 0.1) is 11.7 Å². The highest BCUT2D eigenvalue weighted by Crippen LogP contribution is 2.66. The van der Waals surface area contributed by atoms with E-state index >= 15 is 0 Å². The second-order valence-corrected chi connectivity index (χ2v) is 19.9. The number of urea groups is 1. The summed E-state index contributed by atoms with van der Waals surface area (Å²) in [6.45, 7) is 34.7. The molecule has 4 fully saturated rings. The first-order valence-electron chi connectivity index (χ1n) is 22.0. The molecule has 7 nitrogen and oxygen atoms in total. The molecule has 3 aliphatic carbocycles. The van der Waals surface area contributed by atoms with Crippen LogP contribution >= 0.6 is 0 Å². The van der Waals surface area contributed by atoms with Gasteiger partial charge in [-0.05, 0) is 85.9 Å². The van der Waals surface area contributed by atoms with Crippen molar-refractivity contribution >= 4 is 17.7 Å². The average Bonchev–Trinajstić information content (AvgIpc) is 3.44. The van der Waals surface area contributed by atoms with Crippen molar-refractivity contribution < 1.29 is 14.4 Å². The summed E-state index contributed by atoms with van der Waals surface area (Å²) in [6.07, 6.45) is 24.6. The van der Waals surface area contributed by atoms with Crippen LogP contribution in [0.4, 0.5) is 4.79 Å². The summed E-state index contributed by atoms with van der Waals surface area (Å²) in [6, 6.07) is -0.656. The number of fused-ring (bicyclic) bond motifs is 1. The molecule has 56 heavy (non-hydrogen) atoms. The highest BCUT2D eigenvalue weighted by Gasteiger charge is 2.68. The zero-order valence-corrected chi connectivity index (χ0v) is 36.9. The van der Waals surface area contributed by atoms with Crippen LogP contribution in [0.2, 0.25) is 0 Å². The van der Waals surface area contributed by atoms with Crippen LogP contribution in [0.15, 0.2) is 49.2 Å². The third-order valence-corrected chi connectivity index (χ3v) is 13.9. The van der Waals surface area contributed by atoms with Crippen LogP contribution in [-0.4, -0.2) is 53.8 Å². The quantitative estimate of drug-likeness (QED) is 0.0735. The Kier molecular flexibility index (Phi) is 17.6. The number of nitrogens with one attached hydrogen (secondary N) is 3. The second-order valence-electron chi connectivity index (χ2n) is 19.9. The topological polar surface area (TPSA) is 90.5 Å². The Labute approximate surface area is 342 Å². The largest absolute Gasteiger partial charge is 0.379 e. The number of allylic oxidation sites excluding steroid dienone is 2. The fourth-order valence-corrected chi connectivity index (χ4v) is 9.85. The number of hydrogen-bond donors (Lipinski definition) is 3. The Morgan fingerprint density at radius 2 is 1.57 bits per heavy atom. The van der Waals surface area contributed by atoms with Crippen LogP contribution < -0.4 is 16.0 Å². The lowest BCUT2D eigenvalue weighted by molar-refractivity contribution is -0.138. The Morgan fingerprint density at radius 1 is 0.946 bits per heavy atom. The maximum Gasteiger partial charge on any atom is 0.315 e. The number of carbonyl (C=O) groups excluding carboxylic acids is 3. The van der Waals surface area contributed by atoms with Gasteiger partial charge in [-0.3, -0.25) is 9.59 Å². The lowest BCUT2D eigenvalue weighted by Gasteiger charge is -2.44. The molecule has 3 N–H and O–H groups in total. The van der Waals surface area contributed by atoms with Crippen LogP contribution in [0.25, 0.3) is 0 Å². The molecule has 0 bridgehead atoms. The molecule has 6 atom stereocenters. The number of amides is 3. The fourth-order valence-electron chi connectivity index (χ4n) is 9.85. The Balaban J connectivity index is 0.000000511. The Bertz CT molecular complexity index is 1430. The summed E-state index contributed by atoms with van der Waals surface area (Å²) in [7, 11) is 0. The van der Waals surface area contributed by atoms with E-state index in [9.17, 15) is 14.4 Å². The molecule has 3 amide bonds. The molecule has 1 aliphatic heterocycles. The number of nitrogens with zero attached hydrogens (tertiary/aromatic N) is 1. The van der Waals surface area contributed by atoms with Gasteiger partial charge in [0.25, 0.3) is 0 Å². The third kappa shape index (κ3) is 12.9. The van der Waals surface area contributed by atoms with E-state index < -0.39 is 6.04 Å². The Hall–Kier alpha value is -3.27. The molecule has 0 spiro atoms. The minimum atomic E-state index is -0.522. The molecule has 7 heteroatoms. The summed E-state index contributed by atoms with van der Waals surface area (Å²) in [4.78, 5) is 41.8. The van der Waals surface area contributed by atoms with Gasteiger partial charge in [-0.15, -0.1) is 18.9 Å². The van der Waals surface area contributed by atoms with Crippen molar-refractivity contribution in [1.29, 1.82) is 0 Å². The summed E-state index contributed by atoms with van der Waals surface area (Å²) in [5, 5.41) is 9.49. The van der Waals surface area contributed by atoms with Crippen LogP contribution in [0.1, 0.15) is 158 Å². The van der Waals surface area contributed by atoms with Gasteiger partial charge in [-0.25, -0.2) is 4.79 Å². The van der Waals surface area contributed by atoms with Crippen molar-refractivity contribution in [1.82, 2.24) is 20.9 Å². The van der Waals surface area contributed by atoms with E-state index in [1.165, 1.54) is 50.5 Å². The smallest absolute Gasteiger partial charge is 0.315 e. The molecule has 4 rings (SSSR count). The third-order valence-electron chi connectivity index (χ3n) is 13.9. The summed E-state index contributed by atoms with van der Waals surface area (Å²) < 4.78 is 0. The minimum Gasteiger partial charge on any atom is -0.379 e. The van der Waals surface area contributed by atoms with Gasteiger partial charge in [0.1, 0.15) is 6.04 Å². The van der Waals surface area contributed by atoms with Crippen molar-refractivity contribution in [2.45, 2.75) is 176 Å². The second kappa shape index (κ2) is 20.9. The van der Waals surface area contributed by atoms with Crippen molar-refractivity contribution in [3.05, 3.63) is 49.2 Å². The van der Waals surface area contributed by atoms with Crippen molar-refractivity contribution in [2.24, 2.45) is 39.9 Å². The highest BCUT2D eigenvalue weighted by molar-refractivity contribution is 5.95. The van der Waals surface area contributed by atoms with Gasteiger partial charge in [0.15, 0.2) is 5.78 Å². The van der Waals surface area contributed by atoms with Gasteiger partial charge in [0.2, 0.25) is 5.91 Å². The van der Waals surface area contributed by atoms with Crippen LogP contribution in [0.5, 0.6) is 0 Å². The molecule has 1 saturated heterocycles. The van der Waals surface area contributed by atoms with Crippen LogP contribution in [-0.2, 0) is 9.59 Å². The molecular formula is C49H80N4O3. The molecule has 3 saturated carbocycles. The van der Waals surface area contributed by atoms with E-state index in [0.717, 1.165) is 63.0 Å². The molecule has 0 aromatic heterocycles. The van der Waals surface area contributed by atoms with Crippen molar-refractivity contribution in [2.75, 3.05) is 13.1 Å². The number of piperidine rings is 1. The van der Waals surface area contributed by atoms with Crippen molar-refractivity contribution in [3.8, 4) is 12.3 Å². The number of ketones is 1. The van der Waals surface area contributed by atoms with E-state index in [0.29, 0.717) is 36.9 Å². The maximum absolute atomic E-state index is 14.4. The fraction of sp³-hybridized carbons (Fsp3) is 0.735. The number of Topliss-reactive ketones (excluding diaryl/α,β-unsaturated/α-hetero) is 1. The van der Waals surface area contributed by atoms with E-state index in [4.69, 9.17) is 6.42 Å². The van der Waals surface area contributed by atoms with Gasteiger partial charge in [-0.2, -0.15) is 0 Å². The maximum atomic E-state index is 14.4. The normalized spacial score (nSPS) is 24.1. The standard InChI is InChI=1S/C37H63N3O2.C12H17NO/c1-25(2)31-30-28(36(30,7)8)24-40(31)33(41)32(37(9)22-14-11-15-23-37)39-34(42)38-29(35(4,5)6)21-19-26(3)18-20-27-16-12-10-13-17-27;1-5-7-8-10(3)12(14)11(4)13-9-6-2/h27-32H,1,3,10-24H2,2,4-9H3,(H2,38,39,42);1,6,10,13H,2,4,7-9H2,3H3/t28-,29?,30-,31?,32?;/m0./s1. The lowest BCUT2D eigenvalue weighted by atomic mass is 9.70. The number of rotatable bonds is 18. The van der Waals surface area contributed by atoms with Gasteiger partial charge < -0.3 is 20.9 Å². The van der Waals surface area contributed by atoms with E-state index in [1.54, 1.807) is 6.08 Å². The molecule has 1 heterocycles. The first kappa shape index (κ1) is 47.1. The molecular weight excluding hydrogens is 693 g/mol. The first-order valence-corrected chi connectivity index (χ1v) is 22.0. The van der Waals surface area contributed by atoms with Crippen LogP contribution in [0, 0.1) is 52.3 Å². The lowest BCUT2D eigenvalue weighted by Crippen LogP contribution is -2.61. The van der Waals surface area contributed by atoms with E-state index in [-0.39, 0.29) is 52.0 Å². The van der Waals surface area contributed by atoms with Crippen LogP contribution in [0.3, 0.4) is 0 Å². The molecule has 4 unspecified atom stereocenters. The number of carbonyl (C=O) groups is 3. The summed E-state index contributed by atoms with van der Waals surface area (Å²) >= 11 is 0. The predicted molar refractivity (Wildman–Crippen MR) is 235 cm³/mol. The van der Waals surface area contributed by atoms with Gasteiger partial charge >= 0.3 is 6.03 Å². The minimum absolute atomic E-state index is 0.00208. The number of hydrogen-bond acceptors (Lipinski definition) is 4.